The Hall–Kier alpha value is -2.23. The average Bonchev–Trinajstić information content (AvgIpc) is 3.09. The third-order valence-corrected chi connectivity index (χ3v) is 4.59. The van der Waals surface area contributed by atoms with Gasteiger partial charge in [0.1, 0.15) is 5.75 Å². The topological polar surface area (TPSA) is 71.0 Å². The fourth-order valence-corrected chi connectivity index (χ4v) is 3.40. The second-order valence-corrected chi connectivity index (χ2v) is 6.16. The number of halogens is 3. The van der Waals surface area contributed by atoms with E-state index in [1.165, 1.54) is 25.3 Å². The summed E-state index contributed by atoms with van der Waals surface area (Å²) < 4.78 is 45.7. The maximum atomic E-state index is 13.6. The Kier molecular flexibility index (Phi) is 3.94. The Labute approximate surface area is 139 Å². The van der Waals surface area contributed by atoms with Crippen molar-refractivity contribution in [1.82, 2.24) is 10.2 Å². The Morgan fingerprint density at radius 2 is 2.21 bits per heavy atom. The van der Waals surface area contributed by atoms with Crippen molar-refractivity contribution in [3.63, 3.8) is 0 Å². The SMILES string of the molecule is COc1cccc(C(=O)N[C@@]2(C(F)(F)F)N=C3SCCN3C2=O)c1. The van der Waals surface area contributed by atoms with Crippen molar-refractivity contribution in [3.05, 3.63) is 29.8 Å². The number of alkyl halides is 3. The molecule has 0 spiro atoms. The van der Waals surface area contributed by atoms with Gasteiger partial charge >= 0.3 is 11.8 Å². The number of fused-ring (bicyclic) bond motifs is 1. The second-order valence-electron chi connectivity index (χ2n) is 5.09. The summed E-state index contributed by atoms with van der Waals surface area (Å²) in [5, 5.41) is 1.74. The highest BCUT2D eigenvalue weighted by atomic mass is 32.2. The van der Waals surface area contributed by atoms with Gasteiger partial charge in [-0.15, -0.1) is 0 Å². The van der Waals surface area contributed by atoms with Crippen molar-refractivity contribution in [2.75, 3.05) is 19.4 Å². The summed E-state index contributed by atoms with van der Waals surface area (Å²) in [6.45, 7) is 0.134. The van der Waals surface area contributed by atoms with Crippen molar-refractivity contribution >= 4 is 28.7 Å². The van der Waals surface area contributed by atoms with Gasteiger partial charge in [0.15, 0.2) is 5.17 Å². The number of nitrogens with one attached hydrogen (secondary N) is 1. The van der Waals surface area contributed by atoms with Crippen LogP contribution in [0, 0.1) is 0 Å². The van der Waals surface area contributed by atoms with E-state index in [1.54, 1.807) is 11.4 Å². The van der Waals surface area contributed by atoms with Crippen molar-refractivity contribution in [2.45, 2.75) is 11.8 Å². The van der Waals surface area contributed by atoms with Crippen molar-refractivity contribution in [3.8, 4) is 5.75 Å². The number of thioether (sulfide) groups is 1. The molecule has 1 aromatic rings. The minimum atomic E-state index is -5.06. The molecule has 24 heavy (non-hydrogen) atoms. The largest absolute Gasteiger partial charge is 0.497 e. The number of aliphatic imine (C=N–C) groups is 1. The Balaban J connectivity index is 1.96. The predicted octanol–water partition coefficient (Wildman–Crippen LogP) is 1.63. The zero-order valence-corrected chi connectivity index (χ0v) is 13.2. The van der Waals surface area contributed by atoms with E-state index in [9.17, 15) is 22.8 Å². The predicted molar refractivity (Wildman–Crippen MR) is 80.9 cm³/mol. The fourth-order valence-electron chi connectivity index (χ4n) is 2.41. The van der Waals surface area contributed by atoms with E-state index in [-0.39, 0.29) is 17.3 Å². The first-order valence-corrected chi connectivity index (χ1v) is 7.85. The lowest BCUT2D eigenvalue weighted by Crippen LogP contribution is -2.63. The van der Waals surface area contributed by atoms with Crippen LogP contribution in [0.1, 0.15) is 10.4 Å². The van der Waals surface area contributed by atoms with Gasteiger partial charge in [-0.1, -0.05) is 17.8 Å². The molecule has 2 heterocycles. The van der Waals surface area contributed by atoms with Gasteiger partial charge in [0.25, 0.3) is 11.8 Å². The first-order chi connectivity index (χ1) is 11.3. The molecule has 1 atom stereocenters. The van der Waals surface area contributed by atoms with Crippen LogP contribution in [0.25, 0.3) is 0 Å². The molecule has 128 valence electrons. The molecule has 1 fully saturated rings. The van der Waals surface area contributed by atoms with Gasteiger partial charge in [-0.25, -0.2) is 4.99 Å². The first kappa shape index (κ1) is 16.6. The summed E-state index contributed by atoms with van der Waals surface area (Å²) in [6, 6.07) is 5.61. The van der Waals surface area contributed by atoms with Crippen LogP contribution in [-0.2, 0) is 4.79 Å². The molecule has 1 aromatic carbocycles. The molecular weight excluding hydrogens is 347 g/mol. The van der Waals surface area contributed by atoms with Crippen LogP contribution >= 0.6 is 11.8 Å². The second kappa shape index (κ2) is 5.69. The van der Waals surface area contributed by atoms with E-state index < -0.39 is 23.7 Å². The highest BCUT2D eigenvalue weighted by Gasteiger charge is 2.67. The molecule has 1 saturated heterocycles. The number of benzene rings is 1. The van der Waals surface area contributed by atoms with Gasteiger partial charge in [-0.05, 0) is 18.2 Å². The van der Waals surface area contributed by atoms with Gasteiger partial charge < -0.3 is 10.1 Å². The van der Waals surface area contributed by atoms with Crippen LogP contribution in [0.3, 0.4) is 0 Å². The van der Waals surface area contributed by atoms with Crippen molar-refractivity contribution in [2.24, 2.45) is 4.99 Å². The highest BCUT2D eigenvalue weighted by Crippen LogP contribution is 2.41. The number of amides is 2. The van der Waals surface area contributed by atoms with Crippen LogP contribution < -0.4 is 10.1 Å². The van der Waals surface area contributed by atoms with Crippen LogP contribution in [0.4, 0.5) is 13.2 Å². The number of carbonyl (C=O) groups excluding carboxylic acids is 2. The van der Waals surface area contributed by atoms with Crippen LogP contribution in [0.2, 0.25) is 0 Å². The summed E-state index contributed by atoms with van der Waals surface area (Å²) in [4.78, 5) is 29.0. The lowest BCUT2D eigenvalue weighted by molar-refractivity contribution is -0.196. The van der Waals surface area contributed by atoms with Gasteiger partial charge in [0.05, 0.1) is 7.11 Å². The van der Waals surface area contributed by atoms with Crippen molar-refractivity contribution < 1.29 is 27.5 Å². The molecule has 1 N–H and O–H groups in total. The molecule has 0 radical (unpaired) electrons. The molecule has 10 heteroatoms. The molecule has 2 aliphatic rings. The zero-order chi connectivity index (χ0) is 17.5. The molecule has 0 saturated carbocycles. The normalized spacial score (nSPS) is 23.1. The quantitative estimate of drug-likeness (QED) is 0.891. The highest BCUT2D eigenvalue weighted by molar-refractivity contribution is 8.14. The standard InChI is InChI=1S/C14H12F3N3O3S/c1-23-9-4-2-3-8(7-9)10(21)18-13(14(15,16)17)11(22)20-5-6-24-12(20)19-13/h2-4,7H,5-6H2,1H3,(H,18,21)/t13-/m1/s1. The van der Waals surface area contributed by atoms with E-state index >= 15 is 0 Å². The Morgan fingerprint density at radius 3 is 2.83 bits per heavy atom. The van der Waals surface area contributed by atoms with E-state index in [0.29, 0.717) is 11.5 Å². The molecule has 6 nitrogen and oxygen atoms in total. The summed E-state index contributed by atoms with van der Waals surface area (Å²) >= 11 is 1.05. The van der Waals surface area contributed by atoms with Gasteiger partial charge in [0.2, 0.25) is 0 Å². The smallest absolute Gasteiger partial charge is 0.442 e. The Bertz CT molecular complexity index is 737. The fraction of sp³-hybridized carbons (Fsp3) is 0.357. The summed E-state index contributed by atoms with van der Waals surface area (Å²) in [5.41, 5.74) is -3.35. The van der Waals surface area contributed by atoms with E-state index in [2.05, 4.69) is 4.99 Å². The van der Waals surface area contributed by atoms with Crippen LogP contribution in [-0.4, -0.2) is 53.1 Å². The molecule has 3 rings (SSSR count). The van der Waals surface area contributed by atoms with Gasteiger partial charge in [0, 0.05) is 17.9 Å². The zero-order valence-electron chi connectivity index (χ0n) is 12.4. The minimum Gasteiger partial charge on any atom is -0.497 e. The number of carbonyl (C=O) groups is 2. The summed E-state index contributed by atoms with van der Waals surface area (Å²) in [5.74, 6) is -1.56. The molecule has 0 aliphatic carbocycles. The maximum absolute atomic E-state index is 13.6. The van der Waals surface area contributed by atoms with Gasteiger partial charge in [-0.2, -0.15) is 13.2 Å². The molecular formula is C14H12F3N3O3S. The number of hydrogen-bond acceptors (Lipinski definition) is 5. The van der Waals surface area contributed by atoms with Gasteiger partial charge in [-0.3, -0.25) is 14.5 Å². The molecule has 0 bridgehead atoms. The third kappa shape index (κ3) is 2.50. The number of rotatable bonds is 3. The summed E-state index contributed by atoms with van der Waals surface area (Å²) in [6.07, 6.45) is -5.06. The molecule has 0 unspecified atom stereocenters. The monoisotopic (exact) mass is 359 g/mol. The van der Waals surface area contributed by atoms with E-state index in [0.717, 1.165) is 16.7 Å². The maximum Gasteiger partial charge on any atom is 0.442 e. The van der Waals surface area contributed by atoms with Crippen LogP contribution in [0.5, 0.6) is 5.75 Å². The average molecular weight is 359 g/mol. The van der Waals surface area contributed by atoms with E-state index in [4.69, 9.17) is 4.74 Å². The minimum absolute atomic E-state index is 0.0248. The molecule has 2 amide bonds. The lowest BCUT2D eigenvalue weighted by Gasteiger charge is -2.28. The number of amidine groups is 1. The number of ether oxygens (including phenoxy) is 1. The van der Waals surface area contributed by atoms with E-state index in [1.807, 2.05) is 0 Å². The number of methoxy groups -OCH3 is 1. The molecule has 0 aromatic heterocycles. The van der Waals surface area contributed by atoms with Crippen molar-refractivity contribution in [1.29, 1.82) is 0 Å². The lowest BCUT2D eigenvalue weighted by atomic mass is 10.1. The first-order valence-electron chi connectivity index (χ1n) is 6.86. The Morgan fingerprint density at radius 1 is 1.46 bits per heavy atom. The molecule has 2 aliphatic heterocycles. The third-order valence-electron chi connectivity index (χ3n) is 3.63. The number of nitrogens with zero attached hydrogens (tertiary/aromatic N) is 2. The number of hydrogen-bond donors (Lipinski definition) is 1. The summed E-state index contributed by atoms with van der Waals surface area (Å²) in [7, 11) is 1.37. The van der Waals surface area contributed by atoms with Crippen LogP contribution in [0.15, 0.2) is 29.3 Å².